The van der Waals surface area contributed by atoms with Gasteiger partial charge >= 0.3 is 6.09 Å². The molecule has 0 radical (unpaired) electrons. The fourth-order valence-electron chi connectivity index (χ4n) is 3.65. The van der Waals surface area contributed by atoms with Crippen molar-refractivity contribution in [2.24, 2.45) is 0 Å². The molecule has 3 heterocycles. The molecule has 154 valence electrons. The summed E-state index contributed by atoms with van der Waals surface area (Å²) in [5.41, 5.74) is -0.511. The van der Waals surface area contributed by atoms with Gasteiger partial charge in [-0.05, 0) is 57.9 Å². The van der Waals surface area contributed by atoms with Crippen LogP contribution in [0.5, 0.6) is 0 Å². The molecule has 2 aliphatic heterocycles. The van der Waals surface area contributed by atoms with Gasteiger partial charge in [-0.2, -0.15) is 0 Å². The molecule has 0 bridgehead atoms. The number of piperidine rings is 1. The van der Waals surface area contributed by atoms with Crippen LogP contribution in [-0.2, 0) is 9.53 Å². The lowest BCUT2D eigenvalue weighted by Crippen LogP contribution is -2.52. The molecule has 8 heteroatoms. The van der Waals surface area contributed by atoms with Gasteiger partial charge in [0.2, 0.25) is 5.91 Å². The van der Waals surface area contributed by atoms with E-state index < -0.39 is 11.6 Å². The molecule has 2 aliphatic rings. The van der Waals surface area contributed by atoms with Crippen LogP contribution in [0.25, 0.3) is 0 Å². The van der Waals surface area contributed by atoms with Gasteiger partial charge in [-0.15, -0.1) is 11.3 Å². The molecule has 2 saturated heterocycles. The van der Waals surface area contributed by atoms with Crippen LogP contribution >= 0.6 is 11.3 Å². The molecular weight excluding hydrogens is 378 g/mol. The van der Waals surface area contributed by atoms with Gasteiger partial charge in [-0.1, -0.05) is 6.07 Å². The van der Waals surface area contributed by atoms with E-state index in [9.17, 15) is 14.4 Å². The molecule has 1 aromatic rings. The molecule has 0 aromatic carbocycles. The Morgan fingerprint density at radius 3 is 2.46 bits per heavy atom. The van der Waals surface area contributed by atoms with Gasteiger partial charge in [0, 0.05) is 25.7 Å². The van der Waals surface area contributed by atoms with Crippen LogP contribution in [0.1, 0.15) is 56.1 Å². The first-order valence-electron chi connectivity index (χ1n) is 9.87. The molecular formula is C20H29N3O4S. The molecule has 0 saturated carbocycles. The molecule has 0 unspecified atom stereocenters. The Morgan fingerprint density at radius 2 is 1.86 bits per heavy atom. The SMILES string of the molecule is CC(C)(C)OC(=O)N1CCC(NC(=O)[C@@H]2CCCN2C(=O)c2cccs2)CC1. The average molecular weight is 408 g/mol. The molecule has 3 rings (SSSR count). The van der Waals surface area contributed by atoms with Crippen molar-refractivity contribution in [2.75, 3.05) is 19.6 Å². The maximum atomic E-state index is 12.8. The van der Waals surface area contributed by atoms with E-state index >= 15 is 0 Å². The van der Waals surface area contributed by atoms with Gasteiger partial charge in [0.05, 0.1) is 4.88 Å². The molecule has 28 heavy (non-hydrogen) atoms. The third-order valence-corrected chi connectivity index (χ3v) is 5.90. The van der Waals surface area contributed by atoms with E-state index in [0.717, 1.165) is 6.42 Å². The van der Waals surface area contributed by atoms with Crippen molar-refractivity contribution in [1.82, 2.24) is 15.1 Å². The van der Waals surface area contributed by atoms with E-state index in [0.29, 0.717) is 43.8 Å². The van der Waals surface area contributed by atoms with Crippen LogP contribution in [-0.4, -0.2) is 65.0 Å². The smallest absolute Gasteiger partial charge is 0.410 e. The summed E-state index contributed by atoms with van der Waals surface area (Å²) in [6.07, 6.45) is 2.61. The summed E-state index contributed by atoms with van der Waals surface area (Å²) in [4.78, 5) is 41.6. The van der Waals surface area contributed by atoms with E-state index in [2.05, 4.69) is 5.32 Å². The van der Waals surface area contributed by atoms with Gasteiger partial charge in [0.15, 0.2) is 0 Å². The number of ether oxygens (including phenoxy) is 1. The van der Waals surface area contributed by atoms with Crippen LogP contribution in [0.3, 0.4) is 0 Å². The van der Waals surface area contributed by atoms with Crippen LogP contribution < -0.4 is 5.32 Å². The Morgan fingerprint density at radius 1 is 1.14 bits per heavy atom. The summed E-state index contributed by atoms with van der Waals surface area (Å²) in [6.45, 7) is 7.28. The zero-order chi connectivity index (χ0) is 20.3. The number of nitrogens with one attached hydrogen (secondary N) is 1. The maximum Gasteiger partial charge on any atom is 0.410 e. The Labute approximate surface area is 170 Å². The van der Waals surface area contributed by atoms with Gasteiger partial charge < -0.3 is 19.9 Å². The zero-order valence-electron chi connectivity index (χ0n) is 16.8. The van der Waals surface area contributed by atoms with Crippen molar-refractivity contribution in [3.8, 4) is 0 Å². The lowest BCUT2D eigenvalue weighted by molar-refractivity contribution is -0.125. The van der Waals surface area contributed by atoms with Crippen LogP contribution in [0, 0.1) is 0 Å². The zero-order valence-corrected chi connectivity index (χ0v) is 17.6. The summed E-state index contributed by atoms with van der Waals surface area (Å²) in [6, 6.07) is 3.26. The highest BCUT2D eigenvalue weighted by Gasteiger charge is 2.36. The number of carbonyl (C=O) groups is 3. The first kappa shape index (κ1) is 20.6. The fourth-order valence-corrected chi connectivity index (χ4v) is 4.33. The molecule has 1 N–H and O–H groups in total. The van der Waals surface area contributed by atoms with Crippen molar-refractivity contribution in [3.05, 3.63) is 22.4 Å². The Hall–Kier alpha value is -2.09. The third-order valence-electron chi connectivity index (χ3n) is 5.04. The summed E-state index contributed by atoms with van der Waals surface area (Å²) in [5.74, 6) is -0.148. The summed E-state index contributed by atoms with van der Waals surface area (Å²) < 4.78 is 5.41. The number of amides is 3. The lowest BCUT2D eigenvalue weighted by atomic mass is 10.0. The number of hydrogen-bond acceptors (Lipinski definition) is 5. The largest absolute Gasteiger partial charge is 0.444 e. The van der Waals surface area contributed by atoms with Crippen molar-refractivity contribution >= 4 is 29.2 Å². The highest BCUT2D eigenvalue weighted by atomic mass is 32.1. The van der Waals surface area contributed by atoms with E-state index in [1.165, 1.54) is 11.3 Å². The third kappa shape index (κ3) is 5.04. The minimum atomic E-state index is -0.511. The van der Waals surface area contributed by atoms with Gasteiger partial charge in [-0.3, -0.25) is 9.59 Å². The highest BCUT2D eigenvalue weighted by Crippen LogP contribution is 2.23. The highest BCUT2D eigenvalue weighted by molar-refractivity contribution is 7.12. The van der Waals surface area contributed by atoms with Gasteiger partial charge in [0.1, 0.15) is 11.6 Å². The second kappa shape index (κ2) is 8.51. The van der Waals surface area contributed by atoms with E-state index in [4.69, 9.17) is 4.74 Å². The van der Waals surface area contributed by atoms with Crippen LogP contribution in [0.15, 0.2) is 17.5 Å². The minimum absolute atomic E-state index is 0.0190. The van der Waals surface area contributed by atoms with E-state index in [1.807, 2.05) is 32.2 Å². The quantitative estimate of drug-likeness (QED) is 0.836. The Kier molecular flexibility index (Phi) is 6.27. The lowest BCUT2D eigenvalue weighted by Gasteiger charge is -2.34. The standard InChI is InChI=1S/C20H29N3O4S/c1-20(2,3)27-19(26)22-11-8-14(9-12-22)21-17(24)15-6-4-10-23(15)18(25)16-7-5-13-28-16/h5,7,13-15H,4,6,8-12H2,1-3H3,(H,21,24)/t15-/m0/s1. The normalized spacial score (nSPS) is 20.9. The van der Waals surface area contributed by atoms with Gasteiger partial charge in [-0.25, -0.2) is 4.79 Å². The van der Waals surface area contributed by atoms with E-state index in [1.54, 1.807) is 15.9 Å². The molecule has 0 spiro atoms. The molecule has 3 amide bonds. The number of hydrogen-bond donors (Lipinski definition) is 1. The first-order chi connectivity index (χ1) is 13.2. The molecule has 1 aromatic heterocycles. The number of likely N-dealkylation sites (tertiary alicyclic amines) is 2. The molecule has 2 fully saturated rings. The van der Waals surface area contributed by atoms with E-state index in [-0.39, 0.29) is 23.9 Å². The van der Waals surface area contributed by atoms with Crippen molar-refractivity contribution in [1.29, 1.82) is 0 Å². The average Bonchev–Trinajstić information content (AvgIpc) is 3.32. The second-order valence-corrected chi connectivity index (χ2v) is 9.33. The summed E-state index contributed by atoms with van der Waals surface area (Å²) in [7, 11) is 0. The minimum Gasteiger partial charge on any atom is -0.444 e. The van der Waals surface area contributed by atoms with Crippen molar-refractivity contribution < 1.29 is 19.1 Å². The van der Waals surface area contributed by atoms with Crippen molar-refractivity contribution in [3.63, 3.8) is 0 Å². The monoisotopic (exact) mass is 407 g/mol. The summed E-state index contributed by atoms with van der Waals surface area (Å²) in [5, 5.41) is 4.96. The molecule has 0 aliphatic carbocycles. The number of thiophene rings is 1. The van der Waals surface area contributed by atoms with Gasteiger partial charge in [0.25, 0.3) is 5.91 Å². The fraction of sp³-hybridized carbons (Fsp3) is 0.650. The molecule has 1 atom stereocenters. The number of rotatable bonds is 3. The van der Waals surface area contributed by atoms with Crippen LogP contribution in [0.2, 0.25) is 0 Å². The first-order valence-corrected chi connectivity index (χ1v) is 10.8. The number of carbonyl (C=O) groups excluding carboxylic acids is 3. The Balaban J connectivity index is 1.50. The molecule has 7 nitrogen and oxygen atoms in total. The maximum absolute atomic E-state index is 12.8. The van der Waals surface area contributed by atoms with Crippen molar-refractivity contribution in [2.45, 2.75) is 64.1 Å². The second-order valence-electron chi connectivity index (χ2n) is 8.38. The van der Waals surface area contributed by atoms with Crippen LogP contribution in [0.4, 0.5) is 4.79 Å². The Bertz CT molecular complexity index is 706. The topological polar surface area (TPSA) is 79.0 Å². The predicted octanol–water partition coefficient (Wildman–Crippen LogP) is 2.87. The number of nitrogens with zero attached hydrogens (tertiary/aromatic N) is 2. The summed E-state index contributed by atoms with van der Waals surface area (Å²) >= 11 is 1.40. The predicted molar refractivity (Wildman–Crippen MR) is 107 cm³/mol.